The second kappa shape index (κ2) is 8.42. The minimum Gasteiger partial charge on any atom is -0.493 e. The zero-order valence-electron chi connectivity index (χ0n) is 14.0. The Hall–Kier alpha value is -2.23. The van der Waals surface area contributed by atoms with Crippen LogP contribution in [0.25, 0.3) is 6.08 Å². The second-order valence-corrected chi connectivity index (χ2v) is 5.72. The molecular formula is C19H25NO3. The highest BCUT2D eigenvalue weighted by atomic mass is 16.5. The smallest absolute Gasteiger partial charge is 0.246 e. The van der Waals surface area contributed by atoms with Crippen molar-refractivity contribution in [2.24, 2.45) is 0 Å². The van der Waals surface area contributed by atoms with Gasteiger partial charge in [-0.2, -0.15) is 0 Å². The minimum absolute atomic E-state index is 0.0724. The number of methoxy groups -OCH3 is 1. The van der Waals surface area contributed by atoms with Crippen LogP contribution in [0, 0.1) is 0 Å². The molecule has 2 rings (SSSR count). The Morgan fingerprint density at radius 1 is 1.39 bits per heavy atom. The summed E-state index contributed by atoms with van der Waals surface area (Å²) in [7, 11) is 1.60. The highest BCUT2D eigenvalue weighted by Gasteiger charge is 2.21. The third-order valence-electron chi connectivity index (χ3n) is 4.05. The molecule has 1 heterocycles. The molecule has 4 nitrogen and oxygen atoms in total. The van der Waals surface area contributed by atoms with Gasteiger partial charge in [-0.25, -0.2) is 0 Å². The van der Waals surface area contributed by atoms with Crippen molar-refractivity contribution in [1.82, 2.24) is 4.90 Å². The molecule has 0 aliphatic carbocycles. The summed E-state index contributed by atoms with van der Waals surface area (Å²) in [6.07, 6.45) is 8.53. The zero-order valence-corrected chi connectivity index (χ0v) is 14.0. The van der Waals surface area contributed by atoms with Crippen molar-refractivity contribution >= 4 is 12.0 Å². The summed E-state index contributed by atoms with van der Waals surface area (Å²) in [6, 6.07) is 5.94. The molecule has 1 fully saturated rings. The van der Waals surface area contributed by atoms with Crippen LogP contribution in [0.2, 0.25) is 0 Å². The van der Waals surface area contributed by atoms with Gasteiger partial charge in [0, 0.05) is 18.7 Å². The van der Waals surface area contributed by atoms with Crippen LogP contribution in [0.15, 0.2) is 36.9 Å². The molecule has 1 aromatic carbocycles. The molecule has 0 bridgehead atoms. The quantitative estimate of drug-likeness (QED) is 0.594. The second-order valence-electron chi connectivity index (χ2n) is 5.72. The number of benzene rings is 1. The van der Waals surface area contributed by atoms with Gasteiger partial charge in [0.05, 0.1) is 7.11 Å². The van der Waals surface area contributed by atoms with E-state index in [0.717, 1.165) is 24.9 Å². The number of rotatable bonds is 6. The number of carbonyl (C=O) groups is 1. The van der Waals surface area contributed by atoms with Crippen molar-refractivity contribution in [3.63, 3.8) is 0 Å². The first kappa shape index (κ1) is 17.1. The Bertz CT molecular complexity index is 580. The Balaban J connectivity index is 2.06. The molecule has 124 valence electrons. The fraction of sp³-hybridized carbons (Fsp3) is 0.421. The van der Waals surface area contributed by atoms with Crippen LogP contribution in [0.3, 0.4) is 0 Å². The Morgan fingerprint density at radius 3 is 2.91 bits per heavy atom. The van der Waals surface area contributed by atoms with Crippen LogP contribution in [0.5, 0.6) is 11.5 Å². The summed E-state index contributed by atoms with van der Waals surface area (Å²) < 4.78 is 10.9. The molecule has 1 aromatic rings. The lowest BCUT2D eigenvalue weighted by atomic mass is 10.0. The lowest BCUT2D eigenvalue weighted by molar-refractivity contribution is -0.129. The number of piperidine rings is 1. The standard InChI is InChI=1S/C19H25NO3/c1-4-13-23-17-10-8-16(14-18(17)22-3)9-11-19(21)20-12-6-5-7-15(20)2/h4,8-11,14-15H,1,5-7,12-13H2,2-3H3. The van der Waals surface area contributed by atoms with Gasteiger partial charge in [-0.05, 0) is 50.0 Å². The van der Waals surface area contributed by atoms with E-state index in [1.807, 2.05) is 29.2 Å². The summed E-state index contributed by atoms with van der Waals surface area (Å²) in [4.78, 5) is 14.3. The maximum Gasteiger partial charge on any atom is 0.246 e. The first-order chi connectivity index (χ1) is 11.2. The molecule has 1 saturated heterocycles. The number of hydrogen-bond donors (Lipinski definition) is 0. The van der Waals surface area contributed by atoms with Crippen LogP contribution in [-0.4, -0.2) is 37.1 Å². The lowest BCUT2D eigenvalue weighted by Crippen LogP contribution is -2.41. The molecule has 0 aromatic heterocycles. The molecule has 1 aliphatic heterocycles. The summed E-state index contributed by atoms with van der Waals surface area (Å²) in [5.74, 6) is 1.39. The maximum atomic E-state index is 12.3. The van der Waals surface area contributed by atoms with E-state index in [0.29, 0.717) is 24.1 Å². The van der Waals surface area contributed by atoms with Gasteiger partial charge in [-0.3, -0.25) is 4.79 Å². The number of carbonyl (C=O) groups excluding carboxylic acids is 1. The fourth-order valence-electron chi connectivity index (χ4n) is 2.74. The topological polar surface area (TPSA) is 38.8 Å². The van der Waals surface area contributed by atoms with Crippen molar-refractivity contribution in [3.05, 3.63) is 42.5 Å². The average molecular weight is 315 g/mol. The van der Waals surface area contributed by atoms with E-state index in [1.165, 1.54) is 6.42 Å². The van der Waals surface area contributed by atoms with E-state index < -0.39 is 0 Å². The molecule has 1 unspecified atom stereocenters. The number of nitrogens with zero attached hydrogens (tertiary/aromatic N) is 1. The van der Waals surface area contributed by atoms with Crippen LogP contribution in [-0.2, 0) is 4.79 Å². The van der Waals surface area contributed by atoms with Crippen LogP contribution in [0.1, 0.15) is 31.7 Å². The predicted molar refractivity (Wildman–Crippen MR) is 92.7 cm³/mol. The molecule has 0 saturated carbocycles. The average Bonchev–Trinajstić information content (AvgIpc) is 2.58. The summed E-state index contributed by atoms with van der Waals surface area (Å²) in [6.45, 7) is 7.02. The van der Waals surface area contributed by atoms with Gasteiger partial charge in [0.15, 0.2) is 11.5 Å². The molecule has 1 aliphatic rings. The molecule has 0 N–H and O–H groups in total. The van der Waals surface area contributed by atoms with Crippen molar-refractivity contribution < 1.29 is 14.3 Å². The van der Waals surface area contributed by atoms with Crippen molar-refractivity contribution in [2.45, 2.75) is 32.2 Å². The highest BCUT2D eigenvalue weighted by molar-refractivity contribution is 5.92. The first-order valence-corrected chi connectivity index (χ1v) is 8.06. The molecular weight excluding hydrogens is 290 g/mol. The fourth-order valence-corrected chi connectivity index (χ4v) is 2.74. The number of ether oxygens (including phenoxy) is 2. The van der Waals surface area contributed by atoms with E-state index in [2.05, 4.69) is 13.5 Å². The van der Waals surface area contributed by atoms with Gasteiger partial charge in [0.1, 0.15) is 6.61 Å². The SMILES string of the molecule is C=CCOc1ccc(C=CC(=O)N2CCCCC2C)cc1OC. The minimum atomic E-state index is 0.0724. The maximum absolute atomic E-state index is 12.3. The van der Waals surface area contributed by atoms with Crippen molar-refractivity contribution in [2.75, 3.05) is 20.3 Å². The predicted octanol–water partition coefficient (Wildman–Crippen LogP) is 3.67. The van der Waals surface area contributed by atoms with Crippen LogP contribution < -0.4 is 9.47 Å². The van der Waals surface area contributed by atoms with E-state index in [9.17, 15) is 4.79 Å². The van der Waals surface area contributed by atoms with Gasteiger partial charge in [0.25, 0.3) is 0 Å². The number of hydrogen-bond acceptors (Lipinski definition) is 3. The monoisotopic (exact) mass is 315 g/mol. The van der Waals surface area contributed by atoms with E-state index >= 15 is 0 Å². The van der Waals surface area contributed by atoms with Crippen molar-refractivity contribution in [1.29, 1.82) is 0 Å². The van der Waals surface area contributed by atoms with Gasteiger partial charge >= 0.3 is 0 Å². The molecule has 4 heteroatoms. The van der Waals surface area contributed by atoms with Gasteiger partial charge in [-0.1, -0.05) is 18.7 Å². The number of amides is 1. The lowest BCUT2D eigenvalue weighted by Gasteiger charge is -2.32. The molecule has 23 heavy (non-hydrogen) atoms. The van der Waals surface area contributed by atoms with Gasteiger partial charge in [-0.15, -0.1) is 0 Å². The molecule has 1 atom stereocenters. The zero-order chi connectivity index (χ0) is 16.7. The van der Waals surface area contributed by atoms with Crippen LogP contribution in [0.4, 0.5) is 0 Å². The van der Waals surface area contributed by atoms with Crippen molar-refractivity contribution in [3.8, 4) is 11.5 Å². The molecule has 0 radical (unpaired) electrons. The third kappa shape index (κ3) is 4.62. The van der Waals surface area contributed by atoms with Gasteiger partial charge in [0.2, 0.25) is 5.91 Å². The van der Waals surface area contributed by atoms with Crippen LogP contribution >= 0.6 is 0 Å². The van der Waals surface area contributed by atoms with E-state index in [4.69, 9.17) is 9.47 Å². The Labute approximate surface area is 138 Å². The van der Waals surface area contributed by atoms with Gasteiger partial charge < -0.3 is 14.4 Å². The summed E-state index contributed by atoms with van der Waals surface area (Å²) in [5, 5.41) is 0. The normalized spacial score (nSPS) is 18.0. The third-order valence-corrected chi connectivity index (χ3v) is 4.05. The van der Waals surface area contributed by atoms with E-state index in [1.54, 1.807) is 19.3 Å². The van der Waals surface area contributed by atoms with E-state index in [-0.39, 0.29) is 5.91 Å². The summed E-state index contributed by atoms with van der Waals surface area (Å²) >= 11 is 0. The highest BCUT2D eigenvalue weighted by Crippen LogP contribution is 2.28. The number of likely N-dealkylation sites (tertiary alicyclic amines) is 1. The molecule has 0 spiro atoms. The first-order valence-electron chi connectivity index (χ1n) is 8.06. The Kier molecular flexibility index (Phi) is 6.27. The summed E-state index contributed by atoms with van der Waals surface area (Å²) in [5.41, 5.74) is 0.908. The largest absolute Gasteiger partial charge is 0.493 e. The Morgan fingerprint density at radius 2 is 2.22 bits per heavy atom. The molecule has 1 amide bonds.